The highest BCUT2D eigenvalue weighted by Gasteiger charge is 2.47. The zero-order valence-electron chi connectivity index (χ0n) is 22.5. The summed E-state index contributed by atoms with van der Waals surface area (Å²) in [6.45, 7) is 2.52. The summed E-state index contributed by atoms with van der Waals surface area (Å²) in [5.41, 5.74) is 0.591. The average molecular weight is 632 g/mol. The molecule has 2 amide bonds. The molecule has 3 aliphatic rings. The second-order valence-electron chi connectivity index (χ2n) is 10.8. The molecule has 2 N–H and O–H groups in total. The SMILES string of the molecule is CN1C/C=C/COCC2(CCNCC2)C(=O)N2CC(CC2c2ccc(Br)cc2)NC(=O)c2cccc(c2)S1(=O)=O. The van der Waals surface area contributed by atoms with Crippen molar-refractivity contribution in [1.29, 1.82) is 0 Å². The molecule has 0 radical (unpaired) electrons. The Morgan fingerprint density at radius 1 is 1.05 bits per heavy atom. The van der Waals surface area contributed by atoms with Crippen LogP contribution in [0.4, 0.5) is 0 Å². The maximum absolute atomic E-state index is 14.4. The number of hydrogen-bond donors (Lipinski definition) is 2. The molecular weight excluding hydrogens is 596 g/mol. The number of hydrogen-bond acceptors (Lipinski definition) is 6. The third kappa shape index (κ3) is 6.03. The lowest BCUT2D eigenvalue weighted by Gasteiger charge is -2.40. The van der Waals surface area contributed by atoms with Gasteiger partial charge in [0.15, 0.2) is 0 Å². The molecule has 2 aromatic rings. The van der Waals surface area contributed by atoms with Crippen molar-refractivity contribution in [3.8, 4) is 0 Å². The minimum Gasteiger partial charge on any atom is -0.376 e. The van der Waals surface area contributed by atoms with Crippen molar-refractivity contribution in [3.05, 3.63) is 76.3 Å². The van der Waals surface area contributed by atoms with Gasteiger partial charge in [-0.2, -0.15) is 4.31 Å². The van der Waals surface area contributed by atoms with E-state index in [4.69, 9.17) is 4.74 Å². The molecule has 0 saturated carbocycles. The molecule has 214 valence electrons. The standard InChI is InChI=1S/C29H35BrN4O5S/c1-33-15-2-3-16-39-20-29(11-13-31-14-12-29)28(36)34-19-24(18-26(34)21-7-9-23(30)10-8-21)32-27(35)22-5-4-6-25(17-22)40(33,37)38/h2-10,17,24,26,31H,11-16,18-20H2,1H3,(H,32,35)/b3-2+. The van der Waals surface area contributed by atoms with Gasteiger partial charge in [0, 0.05) is 36.2 Å². The maximum atomic E-state index is 14.4. The van der Waals surface area contributed by atoms with Gasteiger partial charge in [-0.05, 0) is 68.2 Å². The van der Waals surface area contributed by atoms with Gasteiger partial charge in [-0.1, -0.05) is 46.3 Å². The first kappa shape index (κ1) is 28.9. The minimum absolute atomic E-state index is 0.0524. The highest BCUT2D eigenvalue weighted by atomic mass is 79.9. The lowest BCUT2D eigenvalue weighted by atomic mass is 9.78. The Morgan fingerprint density at radius 2 is 1.80 bits per heavy atom. The van der Waals surface area contributed by atoms with Gasteiger partial charge in [0.25, 0.3) is 5.91 Å². The van der Waals surface area contributed by atoms with Gasteiger partial charge in [0.2, 0.25) is 15.9 Å². The molecule has 0 aromatic heterocycles. The molecule has 2 atom stereocenters. The van der Waals surface area contributed by atoms with Crippen molar-refractivity contribution in [2.75, 3.05) is 46.4 Å². The Balaban J connectivity index is 1.51. The van der Waals surface area contributed by atoms with Crippen LogP contribution in [0.15, 0.2) is 70.1 Å². The van der Waals surface area contributed by atoms with E-state index in [-0.39, 0.29) is 54.1 Å². The Labute approximate surface area is 244 Å². The normalized spacial score (nSPS) is 26.6. The van der Waals surface area contributed by atoms with E-state index in [0.29, 0.717) is 25.8 Å². The third-order valence-corrected chi connectivity index (χ3v) is 10.4. The number of nitrogens with one attached hydrogen (secondary N) is 2. The Kier molecular flexibility index (Phi) is 8.77. The number of nitrogens with zero attached hydrogens (tertiary/aromatic N) is 2. The summed E-state index contributed by atoms with van der Waals surface area (Å²) >= 11 is 3.50. The van der Waals surface area contributed by atoms with Gasteiger partial charge in [-0.15, -0.1) is 0 Å². The first-order valence-electron chi connectivity index (χ1n) is 13.6. The van der Waals surface area contributed by atoms with Crippen LogP contribution in [0.1, 0.15) is 41.2 Å². The first-order chi connectivity index (χ1) is 19.2. The highest BCUT2D eigenvalue weighted by molar-refractivity contribution is 9.10. The highest BCUT2D eigenvalue weighted by Crippen LogP contribution is 2.40. The second-order valence-corrected chi connectivity index (χ2v) is 13.7. The van der Waals surface area contributed by atoms with E-state index in [9.17, 15) is 18.0 Å². The molecule has 4 bridgehead atoms. The fraction of sp³-hybridized carbons (Fsp3) is 0.448. The molecule has 3 heterocycles. The van der Waals surface area contributed by atoms with Gasteiger partial charge >= 0.3 is 0 Å². The molecule has 9 nitrogen and oxygen atoms in total. The number of fused-ring (bicyclic) bond motifs is 4. The number of sulfonamides is 1. The van der Waals surface area contributed by atoms with Gasteiger partial charge in [-0.3, -0.25) is 9.59 Å². The molecule has 2 fully saturated rings. The van der Waals surface area contributed by atoms with Crippen LogP contribution in [0.2, 0.25) is 0 Å². The predicted octanol–water partition coefficient (Wildman–Crippen LogP) is 3.10. The number of halogens is 1. The number of benzene rings is 2. The van der Waals surface area contributed by atoms with Crippen LogP contribution in [0.3, 0.4) is 0 Å². The number of carbonyl (C=O) groups excluding carboxylic acids is 2. The summed E-state index contributed by atoms with van der Waals surface area (Å²) in [6.07, 6.45) is 5.39. The smallest absolute Gasteiger partial charge is 0.251 e. The number of piperidine rings is 1. The largest absolute Gasteiger partial charge is 0.376 e. The van der Waals surface area contributed by atoms with E-state index in [0.717, 1.165) is 23.1 Å². The Bertz CT molecular complexity index is 1380. The number of rotatable bonds is 1. The van der Waals surface area contributed by atoms with Crippen molar-refractivity contribution >= 4 is 37.8 Å². The molecule has 2 unspecified atom stereocenters. The van der Waals surface area contributed by atoms with E-state index in [1.54, 1.807) is 24.3 Å². The molecule has 11 heteroatoms. The summed E-state index contributed by atoms with van der Waals surface area (Å²) in [7, 11) is -2.29. The molecule has 3 aliphatic heterocycles. The molecule has 2 saturated heterocycles. The lowest BCUT2D eigenvalue weighted by molar-refractivity contribution is -0.149. The van der Waals surface area contributed by atoms with E-state index in [1.165, 1.54) is 23.5 Å². The average Bonchev–Trinajstić information content (AvgIpc) is 3.38. The fourth-order valence-electron chi connectivity index (χ4n) is 5.75. The number of likely N-dealkylation sites (N-methyl/N-ethyl adjacent to an activating group) is 1. The van der Waals surface area contributed by atoms with Crippen molar-refractivity contribution in [3.63, 3.8) is 0 Å². The molecule has 2 aromatic carbocycles. The van der Waals surface area contributed by atoms with Crippen molar-refractivity contribution in [1.82, 2.24) is 19.8 Å². The molecule has 0 aliphatic carbocycles. The van der Waals surface area contributed by atoms with Crippen LogP contribution >= 0.6 is 15.9 Å². The number of amides is 2. The van der Waals surface area contributed by atoms with Crippen molar-refractivity contribution < 1.29 is 22.7 Å². The van der Waals surface area contributed by atoms with Crippen molar-refractivity contribution in [2.45, 2.75) is 36.2 Å². The molecule has 1 spiro atoms. The van der Waals surface area contributed by atoms with Crippen LogP contribution in [0, 0.1) is 5.41 Å². The van der Waals surface area contributed by atoms with Crippen LogP contribution in [-0.4, -0.2) is 81.9 Å². The zero-order chi connectivity index (χ0) is 28.3. The third-order valence-electron chi connectivity index (χ3n) is 8.09. The summed E-state index contributed by atoms with van der Waals surface area (Å²) in [4.78, 5) is 29.7. The maximum Gasteiger partial charge on any atom is 0.251 e. The summed E-state index contributed by atoms with van der Waals surface area (Å²) in [6, 6.07) is 13.5. The van der Waals surface area contributed by atoms with Gasteiger partial charge in [-0.25, -0.2) is 8.42 Å². The zero-order valence-corrected chi connectivity index (χ0v) is 24.9. The second kappa shape index (κ2) is 12.1. The van der Waals surface area contributed by atoms with Gasteiger partial charge < -0.3 is 20.3 Å². The van der Waals surface area contributed by atoms with Crippen LogP contribution in [0.25, 0.3) is 0 Å². The van der Waals surface area contributed by atoms with Crippen molar-refractivity contribution in [2.24, 2.45) is 5.41 Å². The quantitative estimate of drug-likeness (QED) is 0.469. The van der Waals surface area contributed by atoms with Gasteiger partial charge in [0.05, 0.1) is 29.6 Å². The van der Waals surface area contributed by atoms with E-state index in [2.05, 4.69) is 26.6 Å². The van der Waals surface area contributed by atoms with Gasteiger partial charge in [0.1, 0.15) is 0 Å². The number of carbonyl (C=O) groups is 2. The molecular formula is C29H35BrN4O5S. The monoisotopic (exact) mass is 630 g/mol. The van der Waals surface area contributed by atoms with Crippen LogP contribution in [-0.2, 0) is 19.6 Å². The van der Waals surface area contributed by atoms with E-state index < -0.39 is 15.4 Å². The van der Waals surface area contributed by atoms with E-state index in [1.807, 2.05) is 29.2 Å². The topological polar surface area (TPSA) is 108 Å². The van der Waals surface area contributed by atoms with Crippen LogP contribution < -0.4 is 10.6 Å². The summed E-state index contributed by atoms with van der Waals surface area (Å²) < 4.78 is 34.5. The Morgan fingerprint density at radius 3 is 2.55 bits per heavy atom. The summed E-state index contributed by atoms with van der Waals surface area (Å²) in [5, 5.41) is 6.44. The Hall–Kier alpha value is -2.57. The van der Waals surface area contributed by atoms with E-state index >= 15 is 0 Å². The predicted molar refractivity (Wildman–Crippen MR) is 155 cm³/mol. The summed E-state index contributed by atoms with van der Waals surface area (Å²) in [5.74, 6) is -0.314. The minimum atomic E-state index is -3.79. The van der Waals surface area contributed by atoms with Crippen LogP contribution in [0.5, 0.6) is 0 Å². The lowest BCUT2D eigenvalue weighted by Crippen LogP contribution is -2.52. The molecule has 5 rings (SSSR count). The fourth-order valence-corrected chi connectivity index (χ4v) is 7.19. The number of ether oxygens (including phenoxy) is 1. The first-order valence-corrected chi connectivity index (χ1v) is 15.8. The molecule has 40 heavy (non-hydrogen) atoms.